The van der Waals surface area contributed by atoms with Gasteiger partial charge in [-0.2, -0.15) is 5.10 Å². The van der Waals surface area contributed by atoms with Crippen LogP contribution in [0.1, 0.15) is 24.2 Å². The van der Waals surface area contributed by atoms with Gasteiger partial charge < -0.3 is 9.63 Å². The van der Waals surface area contributed by atoms with E-state index < -0.39 is 0 Å². The minimum atomic E-state index is -0.349. The number of nitrogens with zero attached hydrogens (tertiary/aromatic N) is 3. The Morgan fingerprint density at radius 2 is 1.85 bits per heavy atom. The molecule has 0 bridgehead atoms. The fraction of sp³-hybridized carbons (Fsp3) is 0.150. The van der Waals surface area contributed by atoms with Crippen LogP contribution in [-0.4, -0.2) is 20.0 Å². The normalized spacial score (nSPS) is 12.4. The van der Waals surface area contributed by atoms with Crippen molar-refractivity contribution in [2.24, 2.45) is 0 Å². The lowest BCUT2D eigenvalue weighted by molar-refractivity contribution is 0.447. The van der Waals surface area contributed by atoms with E-state index in [-0.39, 0.29) is 22.9 Å². The highest BCUT2D eigenvalue weighted by Gasteiger charge is 2.23. The summed E-state index contributed by atoms with van der Waals surface area (Å²) in [6, 6.07) is 13.7. The van der Waals surface area contributed by atoms with E-state index in [2.05, 4.69) is 10.3 Å². The van der Waals surface area contributed by atoms with E-state index in [0.717, 1.165) is 5.56 Å². The summed E-state index contributed by atoms with van der Waals surface area (Å²) in [5.74, 6) is 0.0460. The van der Waals surface area contributed by atoms with Crippen LogP contribution in [0.4, 0.5) is 0 Å². The monoisotopic (exact) mass is 381 g/mol. The Labute approximate surface area is 159 Å². The van der Waals surface area contributed by atoms with Crippen molar-refractivity contribution in [3.05, 3.63) is 75.2 Å². The van der Waals surface area contributed by atoms with Crippen molar-refractivity contribution in [3.8, 4) is 17.0 Å². The van der Waals surface area contributed by atoms with Gasteiger partial charge in [-0.15, -0.1) is 0 Å². The largest absolute Gasteiger partial charge is 0.507 e. The average molecular weight is 382 g/mol. The second kappa shape index (κ2) is 6.55. The van der Waals surface area contributed by atoms with Gasteiger partial charge in [0.2, 0.25) is 5.58 Å². The van der Waals surface area contributed by atoms with Gasteiger partial charge in [0, 0.05) is 10.6 Å². The third-order valence-electron chi connectivity index (χ3n) is 4.59. The first-order valence-electron chi connectivity index (χ1n) is 8.40. The van der Waals surface area contributed by atoms with Gasteiger partial charge in [-0.05, 0) is 43.7 Å². The Hall–Kier alpha value is -3.12. The zero-order valence-electron chi connectivity index (χ0n) is 14.7. The quantitative estimate of drug-likeness (QED) is 0.571. The number of fused-ring (bicyclic) bond motifs is 1. The number of para-hydroxylation sites is 1. The molecule has 0 aliphatic heterocycles. The lowest BCUT2D eigenvalue weighted by Crippen LogP contribution is -2.27. The molecule has 0 aliphatic carbocycles. The molecule has 136 valence electrons. The van der Waals surface area contributed by atoms with Gasteiger partial charge >= 0.3 is 0 Å². The smallest absolute Gasteiger partial charge is 0.280 e. The molecule has 1 N–H and O–H groups in total. The molecule has 6 nitrogen and oxygen atoms in total. The Morgan fingerprint density at radius 1 is 1.15 bits per heavy atom. The van der Waals surface area contributed by atoms with Crippen LogP contribution in [0.5, 0.6) is 5.75 Å². The summed E-state index contributed by atoms with van der Waals surface area (Å²) < 4.78 is 6.76. The summed E-state index contributed by atoms with van der Waals surface area (Å²) in [4.78, 5) is 13.1. The van der Waals surface area contributed by atoms with Gasteiger partial charge in [0.25, 0.3) is 5.56 Å². The SMILES string of the molecule is Cc1noc2c(-c3ccccc3O)nn(C(C)c3ccc(Cl)cc3)c(=O)c12. The number of hydrogen-bond donors (Lipinski definition) is 1. The molecule has 4 rings (SSSR count). The molecule has 2 aromatic carbocycles. The van der Waals surface area contributed by atoms with E-state index >= 15 is 0 Å². The van der Waals surface area contributed by atoms with Gasteiger partial charge in [-0.25, -0.2) is 4.68 Å². The Kier molecular flexibility index (Phi) is 4.20. The zero-order chi connectivity index (χ0) is 19.1. The van der Waals surface area contributed by atoms with Crippen molar-refractivity contribution in [3.63, 3.8) is 0 Å². The summed E-state index contributed by atoms with van der Waals surface area (Å²) in [5.41, 5.74) is 2.15. The maximum atomic E-state index is 13.1. The second-order valence-electron chi connectivity index (χ2n) is 6.32. The highest BCUT2D eigenvalue weighted by Crippen LogP contribution is 2.33. The molecular weight excluding hydrogens is 366 g/mol. The van der Waals surface area contributed by atoms with Crippen molar-refractivity contribution in [2.45, 2.75) is 19.9 Å². The fourth-order valence-corrected chi connectivity index (χ4v) is 3.22. The van der Waals surface area contributed by atoms with Gasteiger partial charge in [-0.3, -0.25) is 4.79 Å². The molecule has 4 aromatic rings. The summed E-state index contributed by atoms with van der Waals surface area (Å²) in [7, 11) is 0. The molecule has 1 unspecified atom stereocenters. The topological polar surface area (TPSA) is 81.2 Å². The Morgan fingerprint density at radius 3 is 2.56 bits per heavy atom. The summed E-state index contributed by atoms with van der Waals surface area (Å²) in [6.07, 6.45) is 0. The van der Waals surface area contributed by atoms with E-state index in [1.54, 1.807) is 43.3 Å². The number of rotatable bonds is 3. The first-order chi connectivity index (χ1) is 13.0. The number of phenols is 1. The number of hydrogen-bond acceptors (Lipinski definition) is 5. The number of aromatic nitrogens is 3. The second-order valence-corrected chi connectivity index (χ2v) is 6.75. The minimum Gasteiger partial charge on any atom is -0.507 e. The first-order valence-corrected chi connectivity index (χ1v) is 8.78. The van der Waals surface area contributed by atoms with Crippen molar-refractivity contribution in [1.82, 2.24) is 14.9 Å². The van der Waals surface area contributed by atoms with Gasteiger partial charge in [0.05, 0.1) is 11.7 Å². The Balaban J connectivity index is 2.00. The lowest BCUT2D eigenvalue weighted by atomic mass is 10.1. The molecule has 0 fully saturated rings. The minimum absolute atomic E-state index is 0.0460. The molecule has 7 heteroatoms. The van der Waals surface area contributed by atoms with Gasteiger partial charge in [0.1, 0.15) is 16.8 Å². The molecule has 0 saturated heterocycles. The molecule has 1 atom stereocenters. The maximum Gasteiger partial charge on any atom is 0.280 e. The highest BCUT2D eigenvalue weighted by molar-refractivity contribution is 6.30. The predicted octanol–water partition coefficient (Wildman–Crippen LogP) is 4.33. The standard InChI is InChI=1S/C20H16ClN3O3/c1-11-17-19(27-23-11)18(15-5-3-4-6-16(15)25)22-24(20(17)26)12(2)13-7-9-14(21)10-8-13/h3-10,12,25H,1-2H3. The first kappa shape index (κ1) is 17.3. The predicted molar refractivity (Wildman–Crippen MR) is 103 cm³/mol. The molecule has 2 aromatic heterocycles. The van der Waals surface area contributed by atoms with E-state index in [1.165, 1.54) is 4.68 Å². The molecule has 0 saturated carbocycles. The van der Waals surface area contributed by atoms with Crippen LogP contribution in [0.2, 0.25) is 5.02 Å². The highest BCUT2D eigenvalue weighted by atomic mass is 35.5. The van der Waals surface area contributed by atoms with Crippen LogP contribution in [-0.2, 0) is 0 Å². The summed E-state index contributed by atoms with van der Waals surface area (Å²) in [6.45, 7) is 3.58. The van der Waals surface area contributed by atoms with Gasteiger partial charge in [0.15, 0.2) is 0 Å². The van der Waals surface area contributed by atoms with E-state index in [4.69, 9.17) is 16.1 Å². The average Bonchev–Trinajstić information content (AvgIpc) is 3.05. The number of halogens is 1. The molecule has 0 aliphatic rings. The molecule has 0 amide bonds. The molecule has 0 radical (unpaired) electrons. The third-order valence-corrected chi connectivity index (χ3v) is 4.84. The lowest BCUT2D eigenvalue weighted by Gasteiger charge is -2.16. The van der Waals surface area contributed by atoms with Crippen molar-refractivity contribution in [2.75, 3.05) is 0 Å². The van der Waals surface area contributed by atoms with Gasteiger partial charge in [-0.1, -0.05) is 41.0 Å². The van der Waals surface area contributed by atoms with Crippen LogP contribution in [0, 0.1) is 6.92 Å². The van der Waals surface area contributed by atoms with E-state index in [9.17, 15) is 9.90 Å². The number of phenolic OH excluding ortho intramolecular Hbond substituents is 1. The van der Waals surface area contributed by atoms with Crippen LogP contribution >= 0.6 is 11.6 Å². The van der Waals surface area contributed by atoms with Crippen molar-refractivity contribution >= 4 is 22.6 Å². The molecule has 2 heterocycles. The van der Waals surface area contributed by atoms with Crippen LogP contribution in [0.3, 0.4) is 0 Å². The molecular formula is C20H16ClN3O3. The summed E-state index contributed by atoms with van der Waals surface area (Å²) >= 11 is 5.97. The van der Waals surface area contributed by atoms with Crippen molar-refractivity contribution < 1.29 is 9.63 Å². The van der Waals surface area contributed by atoms with E-state index in [1.807, 2.05) is 19.1 Å². The molecule has 27 heavy (non-hydrogen) atoms. The van der Waals surface area contributed by atoms with Crippen LogP contribution in [0.25, 0.3) is 22.2 Å². The van der Waals surface area contributed by atoms with E-state index in [0.29, 0.717) is 27.4 Å². The maximum absolute atomic E-state index is 13.1. The summed E-state index contributed by atoms with van der Waals surface area (Å²) in [5, 5.41) is 19.7. The third kappa shape index (κ3) is 2.88. The zero-order valence-corrected chi connectivity index (χ0v) is 15.4. The van der Waals surface area contributed by atoms with Crippen LogP contribution < -0.4 is 5.56 Å². The van der Waals surface area contributed by atoms with Crippen molar-refractivity contribution in [1.29, 1.82) is 0 Å². The Bertz CT molecular complexity index is 1200. The number of aryl methyl sites for hydroxylation is 1. The molecule has 0 spiro atoms. The number of aromatic hydroxyl groups is 1. The van der Waals surface area contributed by atoms with Crippen LogP contribution in [0.15, 0.2) is 57.8 Å². The number of benzene rings is 2. The fourth-order valence-electron chi connectivity index (χ4n) is 3.09.